The smallest absolute Gasteiger partial charge is 0.349 e. The highest BCUT2D eigenvalue weighted by Crippen LogP contribution is 2.29. The summed E-state index contributed by atoms with van der Waals surface area (Å²) < 4.78 is 13.0. The Morgan fingerprint density at radius 3 is 2.54 bits per heavy atom. The summed E-state index contributed by atoms with van der Waals surface area (Å²) in [6.07, 6.45) is 6.63. The summed E-state index contributed by atoms with van der Waals surface area (Å²) in [5, 5.41) is 7.66. The van der Waals surface area contributed by atoms with Gasteiger partial charge < -0.3 is 18.6 Å². The molecule has 8 nitrogen and oxygen atoms in total. The fraction of sp³-hybridized carbons (Fsp3) is 0.556. The molecule has 2 aliphatic rings. The minimum Gasteiger partial charge on any atom is -0.424 e. The van der Waals surface area contributed by atoms with E-state index >= 15 is 0 Å². The Morgan fingerprint density at radius 2 is 1.92 bits per heavy atom. The van der Waals surface area contributed by atoms with Crippen LogP contribution in [0.5, 0.6) is 0 Å². The van der Waals surface area contributed by atoms with Gasteiger partial charge in [0.15, 0.2) is 0 Å². The molecule has 2 fully saturated rings. The van der Waals surface area contributed by atoms with E-state index in [1.165, 1.54) is 0 Å². The zero-order valence-electron chi connectivity index (χ0n) is 14.8. The van der Waals surface area contributed by atoms with Crippen molar-refractivity contribution in [3.05, 3.63) is 46.0 Å². The van der Waals surface area contributed by atoms with Crippen LogP contribution in [0.1, 0.15) is 59.5 Å². The van der Waals surface area contributed by atoms with Crippen LogP contribution >= 0.6 is 0 Å². The zero-order chi connectivity index (χ0) is 18.1. The predicted molar refractivity (Wildman–Crippen MR) is 91.8 cm³/mol. The summed E-state index contributed by atoms with van der Waals surface area (Å²) >= 11 is 0. The van der Waals surface area contributed by atoms with E-state index in [0.717, 1.165) is 25.7 Å². The first-order valence-electron chi connectivity index (χ1n) is 9.03. The van der Waals surface area contributed by atoms with Crippen LogP contribution in [0.3, 0.4) is 0 Å². The second kappa shape index (κ2) is 7.03. The van der Waals surface area contributed by atoms with Gasteiger partial charge in [0.2, 0.25) is 0 Å². The fourth-order valence-corrected chi connectivity index (χ4v) is 3.77. The molecule has 1 unspecified atom stereocenters. The summed E-state index contributed by atoms with van der Waals surface area (Å²) in [4.78, 5) is 27.1. The minimum atomic E-state index is -0.568. The molecule has 8 heteroatoms. The lowest BCUT2D eigenvalue weighted by Crippen LogP contribution is -2.41. The highest BCUT2D eigenvalue weighted by atomic mass is 16.5. The molecule has 1 atom stereocenters. The molecule has 2 aromatic heterocycles. The van der Waals surface area contributed by atoms with Gasteiger partial charge in [0.25, 0.3) is 5.91 Å². The van der Waals surface area contributed by atoms with E-state index in [9.17, 15) is 9.59 Å². The standard InChI is InChI=1S/C18H22N4O4/c1-12-9-15(14-3-2-8-25-14)26-18(24)16(12)17(23)21-6-4-13(5-7-21)22-10-19-20-11-22/h9-11,13-14H,2-8H2,1H3. The van der Waals surface area contributed by atoms with Crippen LogP contribution in [0.25, 0.3) is 0 Å². The lowest BCUT2D eigenvalue weighted by molar-refractivity contribution is 0.0681. The second-order valence-electron chi connectivity index (χ2n) is 6.93. The van der Waals surface area contributed by atoms with Crippen molar-refractivity contribution >= 4 is 5.91 Å². The molecule has 4 rings (SSSR count). The van der Waals surface area contributed by atoms with E-state index in [4.69, 9.17) is 9.15 Å². The van der Waals surface area contributed by atoms with Crippen molar-refractivity contribution < 1.29 is 13.9 Å². The Hall–Kier alpha value is -2.48. The molecule has 2 aliphatic heterocycles. The van der Waals surface area contributed by atoms with Crippen LogP contribution in [0.2, 0.25) is 0 Å². The third-order valence-electron chi connectivity index (χ3n) is 5.24. The number of likely N-dealkylation sites (tertiary alicyclic amines) is 1. The number of ether oxygens (including phenoxy) is 1. The van der Waals surface area contributed by atoms with Crippen LogP contribution < -0.4 is 5.63 Å². The molecule has 0 spiro atoms. The SMILES string of the molecule is Cc1cc(C2CCCO2)oc(=O)c1C(=O)N1CCC(n2cnnc2)CC1. The Labute approximate surface area is 150 Å². The van der Waals surface area contributed by atoms with Gasteiger partial charge in [-0.25, -0.2) is 4.79 Å². The van der Waals surface area contributed by atoms with E-state index in [1.807, 2.05) is 4.57 Å². The Morgan fingerprint density at radius 1 is 1.19 bits per heavy atom. The third-order valence-corrected chi connectivity index (χ3v) is 5.24. The van der Waals surface area contributed by atoms with Crippen molar-refractivity contribution in [3.63, 3.8) is 0 Å². The lowest BCUT2D eigenvalue weighted by Gasteiger charge is -2.32. The maximum absolute atomic E-state index is 12.9. The first kappa shape index (κ1) is 17.0. The average molecular weight is 358 g/mol. The molecule has 0 aliphatic carbocycles. The molecule has 26 heavy (non-hydrogen) atoms. The van der Waals surface area contributed by atoms with Crippen LogP contribution in [0, 0.1) is 6.92 Å². The molecule has 0 aromatic carbocycles. The highest BCUT2D eigenvalue weighted by molar-refractivity contribution is 5.95. The second-order valence-corrected chi connectivity index (χ2v) is 6.93. The maximum Gasteiger partial charge on any atom is 0.349 e. The van der Waals surface area contributed by atoms with Gasteiger partial charge in [0, 0.05) is 25.7 Å². The Bertz CT molecular complexity index is 831. The van der Waals surface area contributed by atoms with Gasteiger partial charge in [-0.2, -0.15) is 0 Å². The van der Waals surface area contributed by atoms with Crippen LogP contribution in [0.4, 0.5) is 0 Å². The van der Waals surface area contributed by atoms with E-state index in [2.05, 4.69) is 10.2 Å². The zero-order valence-corrected chi connectivity index (χ0v) is 14.8. The van der Waals surface area contributed by atoms with Crippen molar-refractivity contribution in [3.8, 4) is 0 Å². The molecular weight excluding hydrogens is 336 g/mol. The first-order chi connectivity index (χ1) is 12.6. The molecule has 0 bridgehead atoms. The molecule has 0 radical (unpaired) electrons. The number of carbonyl (C=O) groups excluding carboxylic acids is 1. The van der Waals surface area contributed by atoms with Gasteiger partial charge in [0.1, 0.15) is 30.1 Å². The van der Waals surface area contributed by atoms with Crippen LogP contribution in [-0.2, 0) is 4.74 Å². The van der Waals surface area contributed by atoms with Gasteiger partial charge in [-0.15, -0.1) is 10.2 Å². The molecule has 2 saturated heterocycles. The Balaban J connectivity index is 1.49. The quantitative estimate of drug-likeness (QED) is 0.832. The van der Waals surface area contributed by atoms with E-state index in [1.54, 1.807) is 30.5 Å². The van der Waals surface area contributed by atoms with Crippen LogP contribution in [0.15, 0.2) is 27.9 Å². The summed E-state index contributed by atoms with van der Waals surface area (Å²) in [5.41, 5.74) is 0.216. The van der Waals surface area contributed by atoms with Crippen molar-refractivity contribution in [1.29, 1.82) is 0 Å². The van der Waals surface area contributed by atoms with Crippen molar-refractivity contribution in [2.24, 2.45) is 0 Å². The molecule has 138 valence electrons. The van der Waals surface area contributed by atoms with Crippen molar-refractivity contribution in [2.45, 2.75) is 44.8 Å². The van der Waals surface area contributed by atoms with E-state index < -0.39 is 5.63 Å². The summed E-state index contributed by atoms with van der Waals surface area (Å²) in [6, 6.07) is 2.06. The number of carbonyl (C=O) groups is 1. The van der Waals surface area contributed by atoms with Gasteiger partial charge >= 0.3 is 5.63 Å². The molecule has 0 saturated carbocycles. The highest BCUT2D eigenvalue weighted by Gasteiger charge is 2.29. The molecular formula is C18H22N4O4. The van der Waals surface area contributed by atoms with E-state index in [-0.39, 0.29) is 23.6 Å². The van der Waals surface area contributed by atoms with Gasteiger partial charge in [-0.3, -0.25) is 4.79 Å². The molecule has 1 amide bonds. The molecule has 4 heterocycles. The number of amides is 1. The maximum atomic E-state index is 12.9. The number of hydrogen-bond donors (Lipinski definition) is 0. The van der Waals surface area contributed by atoms with Gasteiger partial charge in [-0.1, -0.05) is 0 Å². The van der Waals surface area contributed by atoms with Gasteiger partial charge in [0.05, 0.1) is 0 Å². The summed E-state index contributed by atoms with van der Waals surface area (Å²) in [6.45, 7) is 3.64. The number of aromatic nitrogens is 3. The molecule has 2 aromatic rings. The van der Waals surface area contributed by atoms with Crippen molar-refractivity contribution in [1.82, 2.24) is 19.7 Å². The normalized spacial score (nSPS) is 21.3. The number of rotatable bonds is 3. The lowest BCUT2D eigenvalue weighted by atomic mass is 10.0. The monoisotopic (exact) mass is 358 g/mol. The largest absolute Gasteiger partial charge is 0.424 e. The number of nitrogens with zero attached hydrogens (tertiary/aromatic N) is 4. The Kier molecular flexibility index (Phi) is 4.58. The number of hydrogen-bond acceptors (Lipinski definition) is 6. The topological polar surface area (TPSA) is 90.5 Å². The van der Waals surface area contributed by atoms with Crippen molar-refractivity contribution in [2.75, 3.05) is 19.7 Å². The minimum absolute atomic E-state index is 0.134. The number of aryl methyl sites for hydroxylation is 1. The number of piperidine rings is 1. The summed E-state index contributed by atoms with van der Waals surface area (Å²) in [7, 11) is 0. The molecule has 0 N–H and O–H groups in total. The first-order valence-corrected chi connectivity index (χ1v) is 9.03. The third kappa shape index (κ3) is 3.16. The summed E-state index contributed by atoms with van der Waals surface area (Å²) in [5.74, 6) is 0.269. The average Bonchev–Trinajstić information content (AvgIpc) is 3.35. The van der Waals surface area contributed by atoms with Crippen LogP contribution in [-0.4, -0.2) is 45.3 Å². The predicted octanol–water partition coefficient (Wildman–Crippen LogP) is 1.87. The fourth-order valence-electron chi connectivity index (χ4n) is 3.77. The van der Waals surface area contributed by atoms with E-state index in [0.29, 0.717) is 31.0 Å². The van der Waals surface area contributed by atoms with Gasteiger partial charge in [-0.05, 0) is 44.2 Å².